The molecule has 3 rings (SSSR count). The number of dihydropyridines is 1. The summed E-state index contributed by atoms with van der Waals surface area (Å²) < 4.78 is 0. The van der Waals surface area contributed by atoms with E-state index in [4.69, 9.17) is 0 Å². The van der Waals surface area contributed by atoms with Crippen LogP contribution in [0.1, 0.15) is 5.56 Å². The Kier molecular flexibility index (Phi) is 2.34. The molecule has 0 unspecified atom stereocenters. The van der Waals surface area contributed by atoms with E-state index in [1.807, 2.05) is 0 Å². The smallest absolute Gasteiger partial charge is 0.265 e. The molecule has 8 nitrogen and oxygen atoms in total. The average Bonchev–Trinajstić information content (AvgIpc) is 2.85. The second-order valence-electron chi connectivity index (χ2n) is 3.69. The highest BCUT2D eigenvalue weighted by atomic mass is 16.6. The van der Waals surface area contributed by atoms with Gasteiger partial charge in [0.15, 0.2) is 17.2 Å². The normalized spacial score (nSPS) is 17.2. The standard InChI is InChI=1S/C11H5N5O3/c17-11-9-8(7(5-13-11)16(18)19)14-10(15-9)6-2-1-3-12-4-6/h1-5H. The molecule has 8 heteroatoms. The third kappa shape index (κ3) is 1.75. The number of amides is 1. The Morgan fingerprint density at radius 3 is 2.79 bits per heavy atom. The number of hydrogen-bond donors (Lipinski definition) is 0. The molecule has 2 aliphatic heterocycles. The average molecular weight is 255 g/mol. The van der Waals surface area contributed by atoms with E-state index in [9.17, 15) is 14.9 Å². The van der Waals surface area contributed by atoms with Gasteiger partial charge in [-0.15, -0.1) is 0 Å². The minimum absolute atomic E-state index is 0.0520. The lowest BCUT2D eigenvalue weighted by Crippen LogP contribution is -2.21. The first-order chi connectivity index (χ1) is 9.16. The predicted molar refractivity (Wildman–Crippen MR) is 65.7 cm³/mol. The zero-order valence-electron chi connectivity index (χ0n) is 9.35. The van der Waals surface area contributed by atoms with Crippen molar-refractivity contribution in [1.29, 1.82) is 0 Å². The molecular weight excluding hydrogens is 250 g/mol. The number of fused-ring (bicyclic) bond motifs is 1. The van der Waals surface area contributed by atoms with Gasteiger partial charge in [0.25, 0.3) is 5.91 Å². The second kappa shape index (κ2) is 4.02. The number of aromatic nitrogens is 1. The van der Waals surface area contributed by atoms with Gasteiger partial charge in [-0.3, -0.25) is 19.9 Å². The van der Waals surface area contributed by atoms with Gasteiger partial charge in [0, 0.05) is 18.0 Å². The Morgan fingerprint density at radius 2 is 2.11 bits per heavy atom. The van der Waals surface area contributed by atoms with Crippen LogP contribution in [-0.2, 0) is 4.79 Å². The Balaban J connectivity index is 2.15. The van der Waals surface area contributed by atoms with E-state index >= 15 is 0 Å². The first-order valence-corrected chi connectivity index (χ1v) is 5.22. The molecule has 1 amide bonds. The number of carbonyl (C=O) groups is 1. The molecule has 3 heterocycles. The molecule has 19 heavy (non-hydrogen) atoms. The van der Waals surface area contributed by atoms with Crippen LogP contribution in [0.5, 0.6) is 0 Å². The third-order valence-corrected chi connectivity index (χ3v) is 2.53. The number of nitrogens with zero attached hydrogens (tertiary/aromatic N) is 5. The summed E-state index contributed by atoms with van der Waals surface area (Å²) in [5.41, 5.74) is 0.0848. The molecule has 2 aliphatic rings. The molecule has 0 saturated heterocycles. The van der Waals surface area contributed by atoms with Gasteiger partial charge < -0.3 is 0 Å². The van der Waals surface area contributed by atoms with Crippen LogP contribution in [0.3, 0.4) is 0 Å². The van der Waals surface area contributed by atoms with Gasteiger partial charge in [-0.2, -0.15) is 0 Å². The summed E-state index contributed by atoms with van der Waals surface area (Å²) >= 11 is 0. The summed E-state index contributed by atoms with van der Waals surface area (Å²) in [6.07, 6.45) is 3.99. The van der Waals surface area contributed by atoms with Crippen molar-refractivity contribution in [3.05, 3.63) is 51.6 Å². The van der Waals surface area contributed by atoms with Crippen molar-refractivity contribution >= 4 is 23.7 Å². The number of hydrogen-bond acceptors (Lipinski definition) is 6. The van der Waals surface area contributed by atoms with Crippen LogP contribution in [0.4, 0.5) is 0 Å². The van der Waals surface area contributed by atoms with E-state index in [0.29, 0.717) is 5.56 Å². The monoisotopic (exact) mass is 255 g/mol. The van der Waals surface area contributed by atoms with E-state index in [0.717, 1.165) is 6.21 Å². The summed E-state index contributed by atoms with van der Waals surface area (Å²) in [6, 6.07) is 3.38. The summed E-state index contributed by atoms with van der Waals surface area (Å²) in [5.74, 6) is -0.417. The number of allylic oxidation sites excluding steroid dienone is 1. The number of pyridine rings is 1. The van der Waals surface area contributed by atoms with Crippen molar-refractivity contribution < 1.29 is 9.72 Å². The maximum Gasteiger partial charge on any atom is 0.315 e. The number of carbonyl (C=O) groups excluding carboxylic acids is 1. The topological polar surface area (TPSA) is 110 Å². The van der Waals surface area contributed by atoms with Gasteiger partial charge in [-0.25, -0.2) is 15.0 Å². The fraction of sp³-hybridized carbons (Fsp3) is 0. The van der Waals surface area contributed by atoms with Crippen LogP contribution < -0.4 is 0 Å². The van der Waals surface area contributed by atoms with Crippen LogP contribution in [-0.4, -0.2) is 33.6 Å². The minimum Gasteiger partial charge on any atom is -0.265 e. The number of nitro groups is 1. The van der Waals surface area contributed by atoms with E-state index in [-0.39, 0.29) is 22.9 Å². The molecule has 0 atom stereocenters. The quantitative estimate of drug-likeness (QED) is 0.561. The predicted octanol–water partition coefficient (Wildman–Crippen LogP) is 0.382. The number of rotatable bonds is 2. The lowest BCUT2D eigenvalue weighted by atomic mass is 10.2. The molecule has 0 radical (unpaired) electrons. The lowest BCUT2D eigenvalue weighted by Gasteiger charge is -2.01. The van der Waals surface area contributed by atoms with E-state index in [1.165, 1.54) is 6.20 Å². The van der Waals surface area contributed by atoms with Gasteiger partial charge >= 0.3 is 5.70 Å². The van der Waals surface area contributed by atoms with Crippen molar-refractivity contribution in [3.8, 4) is 0 Å². The van der Waals surface area contributed by atoms with Gasteiger partial charge in [0.1, 0.15) is 6.21 Å². The van der Waals surface area contributed by atoms with Crippen LogP contribution in [0.25, 0.3) is 0 Å². The highest BCUT2D eigenvalue weighted by molar-refractivity contribution is 6.51. The summed E-state index contributed by atoms with van der Waals surface area (Å²) in [6.45, 7) is 0. The maximum atomic E-state index is 11.5. The molecule has 0 fully saturated rings. The van der Waals surface area contributed by atoms with Crippen molar-refractivity contribution in [1.82, 2.24) is 4.98 Å². The Hall–Kier alpha value is -3.03. The maximum absolute atomic E-state index is 11.5. The third-order valence-electron chi connectivity index (χ3n) is 2.53. The first-order valence-electron chi connectivity index (χ1n) is 5.22. The molecule has 0 spiro atoms. The highest BCUT2D eigenvalue weighted by Gasteiger charge is 2.34. The second-order valence-corrected chi connectivity index (χ2v) is 3.69. The number of amidine groups is 1. The Morgan fingerprint density at radius 1 is 1.26 bits per heavy atom. The molecule has 0 bridgehead atoms. The minimum atomic E-state index is -0.642. The van der Waals surface area contributed by atoms with Crippen LogP contribution >= 0.6 is 0 Å². The van der Waals surface area contributed by atoms with Crippen molar-refractivity contribution in [3.63, 3.8) is 0 Å². The van der Waals surface area contributed by atoms with Crippen molar-refractivity contribution in [2.24, 2.45) is 15.0 Å². The van der Waals surface area contributed by atoms with E-state index in [1.54, 1.807) is 18.3 Å². The molecule has 92 valence electrons. The molecule has 0 saturated carbocycles. The number of aliphatic imine (C=N–C) groups is 3. The molecule has 1 aromatic heterocycles. The summed E-state index contributed by atoms with van der Waals surface area (Å²) in [4.78, 5) is 37.1. The molecule has 0 aliphatic carbocycles. The van der Waals surface area contributed by atoms with Crippen LogP contribution in [0.15, 0.2) is 50.9 Å². The largest absolute Gasteiger partial charge is 0.315 e. The summed E-state index contributed by atoms with van der Waals surface area (Å²) in [7, 11) is 0. The zero-order valence-corrected chi connectivity index (χ0v) is 9.35. The SMILES string of the molecule is O=C1N=CC([N+](=O)[O-])=C2N=C(c3cccnc3)N=C12. The van der Waals surface area contributed by atoms with Gasteiger partial charge in [-0.1, -0.05) is 0 Å². The molecular formula is C11H5N5O3. The Bertz CT molecular complexity index is 715. The van der Waals surface area contributed by atoms with Gasteiger partial charge in [0.2, 0.25) is 0 Å². The van der Waals surface area contributed by atoms with Gasteiger partial charge in [0.05, 0.1) is 4.92 Å². The van der Waals surface area contributed by atoms with Gasteiger partial charge in [-0.05, 0) is 12.1 Å². The summed E-state index contributed by atoms with van der Waals surface area (Å²) in [5, 5.41) is 10.9. The first kappa shape index (κ1) is 11.1. The van der Waals surface area contributed by atoms with Crippen LogP contribution in [0.2, 0.25) is 0 Å². The molecule has 0 N–H and O–H groups in total. The van der Waals surface area contributed by atoms with Crippen molar-refractivity contribution in [2.45, 2.75) is 0 Å². The molecule has 0 aromatic carbocycles. The zero-order chi connectivity index (χ0) is 13.4. The van der Waals surface area contributed by atoms with Crippen LogP contribution in [0, 0.1) is 10.1 Å². The fourth-order valence-corrected chi connectivity index (χ4v) is 1.67. The van der Waals surface area contributed by atoms with Crippen molar-refractivity contribution in [2.75, 3.05) is 0 Å². The lowest BCUT2D eigenvalue weighted by molar-refractivity contribution is -0.415. The fourth-order valence-electron chi connectivity index (χ4n) is 1.67. The Labute approximate surface area is 106 Å². The van der Waals surface area contributed by atoms with E-state index < -0.39 is 10.8 Å². The molecule has 1 aromatic rings. The highest BCUT2D eigenvalue weighted by Crippen LogP contribution is 2.21. The van der Waals surface area contributed by atoms with E-state index in [2.05, 4.69) is 20.0 Å².